The van der Waals surface area contributed by atoms with E-state index < -0.39 is 6.10 Å². The van der Waals surface area contributed by atoms with Crippen LogP contribution in [0.3, 0.4) is 0 Å². The molecule has 62 valence electrons. The van der Waals surface area contributed by atoms with Gasteiger partial charge in [0.15, 0.2) is 0 Å². The van der Waals surface area contributed by atoms with Crippen LogP contribution in [-0.2, 0) is 4.79 Å². The van der Waals surface area contributed by atoms with Gasteiger partial charge in [0.1, 0.15) is 6.29 Å². The van der Waals surface area contributed by atoms with E-state index in [9.17, 15) is 9.90 Å². The Hall–Kier alpha value is -0.480. The topological polar surface area (TPSA) is 40.5 Å². The molecule has 0 amide bonds. The maximum Gasteiger partial charge on any atom is 0.142 e. The second-order valence-electron chi connectivity index (χ2n) is 2.76. The van der Waals surface area contributed by atoms with Crippen LogP contribution < -0.4 is 0 Å². The number of aldehydes is 1. The number of β-amino-alcohol motifs (C(OH)–C–C–N with tert-alkyl or cyclic N) is 1. The van der Waals surface area contributed by atoms with Crippen LogP contribution in [0.2, 0.25) is 0 Å². The van der Waals surface area contributed by atoms with Crippen molar-refractivity contribution < 1.29 is 9.90 Å². The van der Waals surface area contributed by atoms with E-state index in [1.54, 1.807) is 11.8 Å². The van der Waals surface area contributed by atoms with Crippen molar-refractivity contribution in [2.45, 2.75) is 25.5 Å². The van der Waals surface area contributed by atoms with Gasteiger partial charge in [-0.15, -0.1) is 0 Å². The third kappa shape index (κ3) is 1.75. The fourth-order valence-corrected chi connectivity index (χ4v) is 1.54. The Labute approximate surface area is 71.0 Å². The molecule has 0 unspecified atom stereocenters. The lowest BCUT2D eigenvalue weighted by molar-refractivity contribution is -0.110. The van der Waals surface area contributed by atoms with Gasteiger partial charge in [0.05, 0.1) is 17.1 Å². The van der Waals surface area contributed by atoms with Crippen molar-refractivity contribution in [3.05, 3.63) is 0 Å². The first-order chi connectivity index (χ1) is 5.15. The van der Waals surface area contributed by atoms with E-state index in [0.29, 0.717) is 18.0 Å². The largest absolute Gasteiger partial charge is 0.391 e. The average Bonchev–Trinajstić information content (AvgIpc) is 2.30. The summed E-state index contributed by atoms with van der Waals surface area (Å²) in [5, 5.41) is 9.19. The van der Waals surface area contributed by atoms with E-state index in [1.165, 1.54) is 0 Å². The van der Waals surface area contributed by atoms with Crippen molar-refractivity contribution in [3.8, 4) is 0 Å². The Morgan fingerprint density at radius 1 is 1.82 bits per heavy atom. The number of aliphatic hydroxyl groups is 1. The van der Waals surface area contributed by atoms with Crippen LogP contribution in [0.25, 0.3) is 0 Å². The van der Waals surface area contributed by atoms with Crippen LogP contribution in [0.15, 0.2) is 0 Å². The molecule has 1 heterocycles. The molecule has 0 aliphatic carbocycles. The summed E-state index contributed by atoms with van der Waals surface area (Å²) < 4.78 is 0. The highest BCUT2D eigenvalue weighted by atomic mass is 32.1. The zero-order valence-corrected chi connectivity index (χ0v) is 7.17. The third-order valence-electron chi connectivity index (χ3n) is 1.88. The van der Waals surface area contributed by atoms with Gasteiger partial charge < -0.3 is 14.8 Å². The van der Waals surface area contributed by atoms with Gasteiger partial charge >= 0.3 is 0 Å². The van der Waals surface area contributed by atoms with Gasteiger partial charge in [-0.1, -0.05) is 12.2 Å². The first-order valence-electron chi connectivity index (χ1n) is 3.55. The van der Waals surface area contributed by atoms with Gasteiger partial charge in [-0.2, -0.15) is 0 Å². The second-order valence-corrected chi connectivity index (χ2v) is 3.36. The lowest BCUT2D eigenvalue weighted by atomic mass is 10.2. The molecule has 0 aromatic rings. The molecule has 1 rings (SSSR count). The summed E-state index contributed by atoms with van der Waals surface area (Å²) >= 11 is 4.91. The number of hydrogen-bond donors (Lipinski definition) is 1. The Kier molecular flexibility index (Phi) is 2.57. The molecule has 1 N–H and O–H groups in total. The number of carbonyl (C=O) groups excluding carboxylic acids is 1. The van der Waals surface area contributed by atoms with Crippen molar-refractivity contribution in [2.24, 2.45) is 0 Å². The van der Waals surface area contributed by atoms with Gasteiger partial charge in [-0.3, -0.25) is 0 Å². The van der Waals surface area contributed by atoms with E-state index in [1.807, 2.05) is 0 Å². The SMILES string of the molecule is CC(=S)N1C[C@H](O)C[C@H]1C=O. The predicted molar refractivity (Wildman–Crippen MR) is 45.5 cm³/mol. The first kappa shape index (κ1) is 8.62. The summed E-state index contributed by atoms with van der Waals surface area (Å²) in [7, 11) is 0. The van der Waals surface area contributed by atoms with Crippen molar-refractivity contribution in [2.75, 3.05) is 6.54 Å². The highest BCUT2D eigenvalue weighted by Gasteiger charge is 2.30. The number of likely N-dealkylation sites (tertiary alicyclic amines) is 1. The monoisotopic (exact) mass is 173 g/mol. The number of rotatable bonds is 1. The molecule has 0 aromatic carbocycles. The minimum absolute atomic E-state index is 0.206. The molecule has 1 aliphatic rings. The first-order valence-corrected chi connectivity index (χ1v) is 3.96. The van der Waals surface area contributed by atoms with E-state index in [4.69, 9.17) is 12.2 Å². The summed E-state index contributed by atoms with van der Waals surface area (Å²) in [4.78, 5) is 12.9. The number of hydrogen-bond acceptors (Lipinski definition) is 3. The maximum absolute atomic E-state index is 10.5. The maximum atomic E-state index is 10.5. The number of aliphatic hydroxyl groups excluding tert-OH is 1. The summed E-state index contributed by atoms with van der Waals surface area (Å²) in [6.07, 6.45) is 0.951. The standard InChI is InChI=1S/C7H11NO2S/c1-5(11)8-3-7(10)2-6(8)4-9/h4,6-7,10H,2-3H2,1H3/t6-,7+/m0/s1. The Balaban J connectivity index is 2.64. The summed E-state index contributed by atoms with van der Waals surface area (Å²) in [5.41, 5.74) is 0. The third-order valence-corrected chi connectivity index (χ3v) is 2.12. The van der Waals surface area contributed by atoms with Gasteiger partial charge in [0.25, 0.3) is 0 Å². The number of carbonyl (C=O) groups is 1. The fourth-order valence-electron chi connectivity index (χ4n) is 1.33. The van der Waals surface area contributed by atoms with Crippen LogP contribution in [0.1, 0.15) is 13.3 Å². The molecule has 2 atom stereocenters. The summed E-state index contributed by atoms with van der Waals surface area (Å²) in [6.45, 7) is 2.27. The van der Waals surface area contributed by atoms with Crippen molar-refractivity contribution in [3.63, 3.8) is 0 Å². The Morgan fingerprint density at radius 2 is 2.45 bits per heavy atom. The van der Waals surface area contributed by atoms with E-state index in [0.717, 1.165) is 6.29 Å². The van der Waals surface area contributed by atoms with Crippen LogP contribution in [0.4, 0.5) is 0 Å². The quantitative estimate of drug-likeness (QED) is 0.446. The molecule has 4 heteroatoms. The second kappa shape index (κ2) is 3.28. The Bertz CT molecular complexity index is 183. The molecule has 11 heavy (non-hydrogen) atoms. The lowest BCUT2D eigenvalue weighted by Crippen LogP contribution is -2.33. The van der Waals surface area contributed by atoms with E-state index in [-0.39, 0.29) is 6.04 Å². The summed E-state index contributed by atoms with van der Waals surface area (Å²) in [6, 6.07) is -0.206. The van der Waals surface area contributed by atoms with Crippen LogP contribution in [0, 0.1) is 0 Å². The molecule has 0 radical (unpaired) electrons. The fraction of sp³-hybridized carbons (Fsp3) is 0.714. The van der Waals surface area contributed by atoms with Crippen LogP contribution in [-0.4, -0.2) is 40.0 Å². The average molecular weight is 173 g/mol. The molecule has 0 aromatic heterocycles. The van der Waals surface area contributed by atoms with E-state index in [2.05, 4.69) is 0 Å². The summed E-state index contributed by atoms with van der Waals surface area (Å²) in [5.74, 6) is 0. The lowest BCUT2D eigenvalue weighted by Gasteiger charge is -2.19. The van der Waals surface area contributed by atoms with Crippen LogP contribution >= 0.6 is 12.2 Å². The minimum atomic E-state index is -0.400. The van der Waals surface area contributed by atoms with Gasteiger partial charge in [-0.05, 0) is 6.92 Å². The molecular formula is C7H11NO2S. The molecule has 1 fully saturated rings. The smallest absolute Gasteiger partial charge is 0.142 e. The minimum Gasteiger partial charge on any atom is -0.391 e. The van der Waals surface area contributed by atoms with Crippen LogP contribution in [0.5, 0.6) is 0 Å². The van der Waals surface area contributed by atoms with E-state index >= 15 is 0 Å². The van der Waals surface area contributed by atoms with Crippen molar-refractivity contribution in [1.29, 1.82) is 0 Å². The van der Waals surface area contributed by atoms with Gasteiger partial charge in [-0.25, -0.2) is 0 Å². The van der Waals surface area contributed by atoms with Gasteiger partial charge in [0.2, 0.25) is 0 Å². The Morgan fingerprint density at radius 3 is 2.82 bits per heavy atom. The normalized spacial score (nSPS) is 30.5. The molecule has 1 saturated heterocycles. The molecule has 1 aliphatic heterocycles. The molecule has 0 saturated carbocycles. The van der Waals surface area contributed by atoms with Crippen molar-refractivity contribution >= 4 is 23.5 Å². The molecule has 0 bridgehead atoms. The highest BCUT2D eigenvalue weighted by Crippen LogP contribution is 2.16. The van der Waals surface area contributed by atoms with Crippen molar-refractivity contribution in [1.82, 2.24) is 4.90 Å². The zero-order valence-electron chi connectivity index (χ0n) is 6.36. The zero-order chi connectivity index (χ0) is 8.43. The molecule has 3 nitrogen and oxygen atoms in total. The predicted octanol–water partition coefficient (Wildman–Crippen LogP) is -0.0322. The highest BCUT2D eigenvalue weighted by molar-refractivity contribution is 7.80. The van der Waals surface area contributed by atoms with Gasteiger partial charge in [0, 0.05) is 13.0 Å². The molecule has 0 spiro atoms. The molecular weight excluding hydrogens is 162 g/mol. The number of nitrogens with zero attached hydrogens (tertiary/aromatic N) is 1. The number of thiocarbonyl (C=S) groups is 1.